The Balaban J connectivity index is 0.000000308. The van der Waals surface area contributed by atoms with Gasteiger partial charge in [-0.3, -0.25) is 4.79 Å². The van der Waals surface area contributed by atoms with Gasteiger partial charge in [-0.05, 0) is 73.7 Å². The molecule has 0 radical (unpaired) electrons. The summed E-state index contributed by atoms with van der Waals surface area (Å²) in [5.41, 5.74) is 1.18. The van der Waals surface area contributed by atoms with Crippen molar-refractivity contribution in [2.45, 2.75) is 36.8 Å². The summed E-state index contributed by atoms with van der Waals surface area (Å²) in [6, 6.07) is 8.36. The number of rotatable bonds is 8. The van der Waals surface area contributed by atoms with Gasteiger partial charge in [0.2, 0.25) is 10.0 Å². The maximum atomic E-state index is 13.3. The van der Waals surface area contributed by atoms with Gasteiger partial charge in [0.05, 0.1) is 10.5 Å². The fourth-order valence-electron chi connectivity index (χ4n) is 3.69. The number of likely N-dealkylation sites (N-methyl/N-ethyl adjacent to an activating group) is 1. The Morgan fingerprint density at radius 2 is 1.71 bits per heavy atom. The van der Waals surface area contributed by atoms with Gasteiger partial charge in [-0.15, -0.1) is 0 Å². The number of ether oxygens (including phenoxy) is 1. The van der Waals surface area contributed by atoms with Crippen molar-refractivity contribution in [2.24, 2.45) is 0 Å². The standard InChI is InChI=1S/C15H13ClF3NO3S.C11H17NO2/c1-20(2)24(21,22)12-7-8-14(13(9-12)15(17,18)19)23-11-5-3-10(16)4-6-11;1-3-9-6-4-5-7-10(9)12(2)8-11(13)14/h3-9H,1-2H3;3H,1,4-8H2,2H3,(H,13,14). The Hall–Kier alpha value is -3.02. The Bertz CT molecular complexity index is 1280. The molecule has 3 rings (SSSR count). The SMILES string of the molecule is C=CC1=C(N(C)CC(=O)O)CCCC1.CN(C)S(=O)(=O)c1ccc(Oc2ccc(Cl)cc2)c(C(F)(F)F)c1. The van der Waals surface area contributed by atoms with Gasteiger partial charge in [0, 0.05) is 31.9 Å². The van der Waals surface area contributed by atoms with E-state index in [9.17, 15) is 26.4 Å². The van der Waals surface area contributed by atoms with Gasteiger partial charge < -0.3 is 14.7 Å². The summed E-state index contributed by atoms with van der Waals surface area (Å²) in [6.45, 7) is 3.84. The predicted molar refractivity (Wildman–Crippen MR) is 140 cm³/mol. The number of allylic oxidation sites excluding steroid dienone is 3. The first-order valence-electron chi connectivity index (χ1n) is 11.5. The molecule has 0 unspecified atom stereocenters. The molecule has 208 valence electrons. The van der Waals surface area contributed by atoms with Crippen LogP contribution in [0.5, 0.6) is 11.5 Å². The van der Waals surface area contributed by atoms with Crippen LogP contribution in [0.4, 0.5) is 13.2 Å². The fourth-order valence-corrected chi connectivity index (χ4v) is 4.74. The molecular formula is C26H30ClF3N2O5S. The second-order valence-electron chi connectivity index (χ2n) is 8.63. The maximum Gasteiger partial charge on any atom is 0.420 e. The zero-order valence-corrected chi connectivity index (χ0v) is 22.8. The molecule has 0 amide bonds. The molecule has 0 aliphatic heterocycles. The molecule has 0 saturated carbocycles. The van der Waals surface area contributed by atoms with Gasteiger partial charge in [-0.25, -0.2) is 12.7 Å². The summed E-state index contributed by atoms with van der Waals surface area (Å²) >= 11 is 5.71. The van der Waals surface area contributed by atoms with Crippen LogP contribution in [0.3, 0.4) is 0 Å². The van der Waals surface area contributed by atoms with Crippen LogP contribution < -0.4 is 4.74 Å². The van der Waals surface area contributed by atoms with Crippen molar-refractivity contribution in [2.75, 3.05) is 27.7 Å². The molecule has 0 heterocycles. The number of hydrogen-bond acceptors (Lipinski definition) is 5. The minimum absolute atomic E-state index is 0.0761. The lowest BCUT2D eigenvalue weighted by atomic mass is 9.95. The van der Waals surface area contributed by atoms with Gasteiger partial charge in [0.15, 0.2) is 0 Å². The van der Waals surface area contributed by atoms with Crippen molar-refractivity contribution in [3.63, 3.8) is 0 Å². The molecule has 2 aromatic rings. The number of carboxylic acids is 1. The Kier molecular flexibility index (Phi) is 10.8. The molecule has 0 atom stereocenters. The van der Waals surface area contributed by atoms with Gasteiger partial charge in [0.25, 0.3) is 0 Å². The van der Waals surface area contributed by atoms with Gasteiger partial charge >= 0.3 is 12.1 Å². The average molecular weight is 575 g/mol. The Labute approximate surface area is 225 Å². The number of carboxylic acid groups (broad SMARTS) is 1. The third-order valence-electron chi connectivity index (χ3n) is 5.64. The number of benzene rings is 2. The first-order chi connectivity index (χ1) is 17.7. The van der Waals surface area contributed by atoms with Crippen LogP contribution in [0.1, 0.15) is 31.2 Å². The third kappa shape index (κ3) is 8.50. The van der Waals surface area contributed by atoms with Gasteiger partial charge in [-0.2, -0.15) is 13.2 Å². The van der Waals surface area contributed by atoms with Crippen LogP contribution in [0, 0.1) is 0 Å². The molecule has 1 N–H and O–H groups in total. The second kappa shape index (κ2) is 13.2. The van der Waals surface area contributed by atoms with Crippen molar-refractivity contribution >= 4 is 27.6 Å². The number of alkyl halides is 3. The van der Waals surface area contributed by atoms with E-state index in [0.717, 1.165) is 41.4 Å². The van der Waals surface area contributed by atoms with E-state index in [1.54, 1.807) is 0 Å². The monoisotopic (exact) mass is 574 g/mol. The van der Waals surface area contributed by atoms with E-state index in [1.807, 2.05) is 18.0 Å². The first-order valence-corrected chi connectivity index (χ1v) is 13.3. The third-order valence-corrected chi connectivity index (χ3v) is 7.70. The second-order valence-corrected chi connectivity index (χ2v) is 11.2. The zero-order chi connectivity index (χ0) is 28.7. The maximum absolute atomic E-state index is 13.3. The van der Waals surface area contributed by atoms with E-state index >= 15 is 0 Å². The molecule has 12 heteroatoms. The molecule has 2 aromatic carbocycles. The smallest absolute Gasteiger partial charge is 0.420 e. The summed E-state index contributed by atoms with van der Waals surface area (Å²) in [5, 5.41) is 9.09. The number of hydrogen-bond donors (Lipinski definition) is 1. The van der Waals surface area contributed by atoms with E-state index in [2.05, 4.69) is 6.58 Å². The zero-order valence-electron chi connectivity index (χ0n) is 21.3. The van der Waals surface area contributed by atoms with E-state index in [4.69, 9.17) is 21.4 Å². The molecule has 0 aromatic heterocycles. The Morgan fingerprint density at radius 1 is 1.11 bits per heavy atom. The molecule has 1 aliphatic rings. The highest BCUT2D eigenvalue weighted by atomic mass is 35.5. The van der Waals surface area contributed by atoms with Crippen LogP contribution in [0.2, 0.25) is 5.02 Å². The molecule has 7 nitrogen and oxygen atoms in total. The predicted octanol–water partition coefficient (Wildman–Crippen LogP) is 6.42. The number of sulfonamides is 1. The van der Waals surface area contributed by atoms with Crippen LogP contribution in [0.25, 0.3) is 0 Å². The van der Waals surface area contributed by atoms with Gasteiger partial charge in [0.1, 0.15) is 18.0 Å². The molecule has 0 bridgehead atoms. The highest BCUT2D eigenvalue weighted by Crippen LogP contribution is 2.39. The van der Waals surface area contributed by atoms with Crippen LogP contribution >= 0.6 is 11.6 Å². The normalized spacial score (nSPS) is 14.0. The molecule has 38 heavy (non-hydrogen) atoms. The number of halogens is 4. The largest absolute Gasteiger partial charge is 0.480 e. The van der Waals surface area contributed by atoms with E-state index < -0.39 is 38.4 Å². The molecule has 0 saturated heterocycles. The topological polar surface area (TPSA) is 87.2 Å². The lowest BCUT2D eigenvalue weighted by Crippen LogP contribution is -2.27. The van der Waals surface area contributed by atoms with Crippen molar-refractivity contribution in [1.82, 2.24) is 9.21 Å². The van der Waals surface area contributed by atoms with Crippen LogP contribution in [-0.2, 0) is 21.0 Å². The van der Waals surface area contributed by atoms with Crippen molar-refractivity contribution < 1.29 is 36.2 Å². The lowest BCUT2D eigenvalue weighted by molar-refractivity contribution is -0.139. The van der Waals surface area contributed by atoms with Crippen molar-refractivity contribution in [3.8, 4) is 11.5 Å². The number of carbonyl (C=O) groups is 1. The molecule has 1 aliphatic carbocycles. The van der Waals surface area contributed by atoms with E-state index in [-0.39, 0.29) is 12.3 Å². The van der Waals surface area contributed by atoms with Crippen LogP contribution in [0.15, 0.2) is 71.3 Å². The number of nitrogens with zero attached hydrogens (tertiary/aromatic N) is 2. The summed E-state index contributed by atoms with van der Waals surface area (Å²) in [5.74, 6) is -1.13. The first kappa shape index (κ1) is 31.2. The highest BCUT2D eigenvalue weighted by Gasteiger charge is 2.36. The van der Waals surface area contributed by atoms with Gasteiger partial charge in [-0.1, -0.05) is 24.3 Å². The van der Waals surface area contributed by atoms with E-state index in [0.29, 0.717) is 11.1 Å². The van der Waals surface area contributed by atoms with E-state index in [1.165, 1.54) is 50.4 Å². The van der Waals surface area contributed by atoms with Crippen molar-refractivity contribution in [3.05, 3.63) is 77.0 Å². The molecule has 0 fully saturated rings. The Morgan fingerprint density at radius 3 is 2.24 bits per heavy atom. The van der Waals surface area contributed by atoms with Crippen molar-refractivity contribution in [1.29, 1.82) is 0 Å². The quantitative estimate of drug-likeness (QED) is 0.391. The summed E-state index contributed by atoms with van der Waals surface area (Å²) in [4.78, 5) is 11.9. The number of aliphatic carboxylic acids is 1. The summed E-state index contributed by atoms with van der Waals surface area (Å²) in [7, 11) is 0.311. The lowest BCUT2D eigenvalue weighted by Gasteiger charge is -2.26. The minimum Gasteiger partial charge on any atom is -0.480 e. The fraction of sp³-hybridized carbons (Fsp3) is 0.346. The van der Waals surface area contributed by atoms with Crippen LogP contribution in [-0.4, -0.2) is 56.4 Å². The average Bonchev–Trinajstić information content (AvgIpc) is 2.84. The molecule has 0 spiro atoms. The summed E-state index contributed by atoms with van der Waals surface area (Å²) in [6.07, 6.45) is 1.42. The summed E-state index contributed by atoms with van der Waals surface area (Å²) < 4.78 is 69.9. The minimum atomic E-state index is -4.78. The molecular weight excluding hydrogens is 545 g/mol. The highest BCUT2D eigenvalue weighted by molar-refractivity contribution is 7.89.